The number of anilines is 1. The van der Waals surface area contributed by atoms with Gasteiger partial charge in [-0.15, -0.1) is 0 Å². The minimum atomic E-state index is -0.959. The minimum absolute atomic E-state index is 0.0132. The highest BCUT2D eigenvalue weighted by Gasteiger charge is 2.17. The molecule has 0 bridgehead atoms. The van der Waals surface area contributed by atoms with Crippen LogP contribution >= 0.6 is 11.6 Å². The van der Waals surface area contributed by atoms with Crippen LogP contribution in [0.2, 0.25) is 5.02 Å². The number of hydrogen-bond donors (Lipinski definition) is 3. The van der Waals surface area contributed by atoms with Gasteiger partial charge in [-0.1, -0.05) is 23.7 Å². The molecule has 160 valence electrons. The molecule has 0 saturated carbocycles. The molecule has 0 radical (unpaired) electrons. The average molecular weight is 443 g/mol. The molecule has 0 aliphatic heterocycles. The maximum atomic E-state index is 13.8. The highest BCUT2D eigenvalue weighted by molar-refractivity contribution is 6.30. The van der Waals surface area contributed by atoms with Crippen LogP contribution in [0.4, 0.5) is 10.1 Å². The number of aliphatic hydroxyl groups excluding tert-OH is 1. The summed E-state index contributed by atoms with van der Waals surface area (Å²) in [7, 11) is 1.51. The summed E-state index contributed by atoms with van der Waals surface area (Å²) in [5.41, 5.74) is 0.970. The largest absolute Gasteiger partial charge is 0.497 e. The van der Waals surface area contributed by atoms with Gasteiger partial charge in [0.05, 0.1) is 24.5 Å². The first-order valence-corrected chi connectivity index (χ1v) is 9.72. The Balaban J connectivity index is 1.71. The van der Waals surface area contributed by atoms with Crippen molar-refractivity contribution in [2.24, 2.45) is 0 Å². The number of benzene rings is 3. The van der Waals surface area contributed by atoms with Gasteiger partial charge >= 0.3 is 0 Å². The second-order valence-corrected chi connectivity index (χ2v) is 7.09. The van der Waals surface area contributed by atoms with Crippen LogP contribution in [0.3, 0.4) is 0 Å². The van der Waals surface area contributed by atoms with Crippen LogP contribution in [0.15, 0.2) is 66.7 Å². The van der Waals surface area contributed by atoms with E-state index in [0.29, 0.717) is 21.9 Å². The second kappa shape index (κ2) is 10.1. The van der Waals surface area contributed by atoms with Crippen molar-refractivity contribution in [3.8, 4) is 5.75 Å². The fourth-order valence-corrected chi connectivity index (χ4v) is 2.97. The molecule has 2 amide bonds. The Morgan fingerprint density at radius 3 is 2.35 bits per heavy atom. The molecule has 6 nitrogen and oxygen atoms in total. The fraction of sp³-hybridized carbons (Fsp3) is 0.130. The van der Waals surface area contributed by atoms with E-state index in [2.05, 4.69) is 10.6 Å². The first-order valence-electron chi connectivity index (χ1n) is 9.34. The molecule has 1 atom stereocenters. The summed E-state index contributed by atoms with van der Waals surface area (Å²) < 4.78 is 18.8. The van der Waals surface area contributed by atoms with E-state index in [1.807, 2.05) is 0 Å². The van der Waals surface area contributed by atoms with Crippen molar-refractivity contribution >= 4 is 29.1 Å². The van der Waals surface area contributed by atoms with Gasteiger partial charge in [0.1, 0.15) is 11.6 Å². The van der Waals surface area contributed by atoms with E-state index >= 15 is 0 Å². The predicted molar refractivity (Wildman–Crippen MR) is 116 cm³/mol. The molecule has 8 heteroatoms. The maximum absolute atomic E-state index is 13.8. The zero-order valence-corrected chi connectivity index (χ0v) is 17.3. The van der Waals surface area contributed by atoms with E-state index in [-0.39, 0.29) is 17.8 Å². The van der Waals surface area contributed by atoms with Crippen LogP contribution in [0, 0.1) is 5.82 Å². The van der Waals surface area contributed by atoms with Crippen LogP contribution in [-0.4, -0.2) is 30.6 Å². The van der Waals surface area contributed by atoms with Crippen LogP contribution < -0.4 is 15.4 Å². The summed E-state index contributed by atoms with van der Waals surface area (Å²) >= 11 is 5.83. The van der Waals surface area contributed by atoms with E-state index in [1.165, 1.54) is 13.2 Å². The van der Waals surface area contributed by atoms with Crippen molar-refractivity contribution in [2.45, 2.75) is 6.10 Å². The van der Waals surface area contributed by atoms with Crippen molar-refractivity contribution in [3.05, 3.63) is 94.3 Å². The third kappa shape index (κ3) is 5.81. The van der Waals surface area contributed by atoms with Crippen molar-refractivity contribution in [1.29, 1.82) is 0 Å². The molecule has 0 fully saturated rings. The summed E-state index contributed by atoms with van der Waals surface area (Å²) in [5.74, 6) is -1.11. The van der Waals surface area contributed by atoms with Crippen molar-refractivity contribution in [2.75, 3.05) is 19.0 Å². The molecule has 3 N–H and O–H groups in total. The monoisotopic (exact) mass is 442 g/mol. The summed E-state index contributed by atoms with van der Waals surface area (Å²) in [6.45, 7) is -0.0797. The highest BCUT2D eigenvalue weighted by atomic mass is 35.5. The van der Waals surface area contributed by atoms with E-state index < -0.39 is 23.7 Å². The van der Waals surface area contributed by atoms with E-state index in [0.717, 1.165) is 12.1 Å². The van der Waals surface area contributed by atoms with Gasteiger partial charge in [0.15, 0.2) is 0 Å². The first-order chi connectivity index (χ1) is 14.9. The lowest BCUT2D eigenvalue weighted by molar-refractivity contribution is 0.0917. The molecule has 0 heterocycles. The van der Waals surface area contributed by atoms with Crippen LogP contribution in [-0.2, 0) is 0 Å². The summed E-state index contributed by atoms with van der Waals surface area (Å²) in [4.78, 5) is 25.2. The van der Waals surface area contributed by atoms with Gasteiger partial charge in [-0.3, -0.25) is 9.59 Å². The molecule has 0 aliphatic carbocycles. The lowest BCUT2D eigenvalue weighted by atomic mass is 10.1. The number of hydrogen-bond acceptors (Lipinski definition) is 4. The molecular weight excluding hydrogens is 423 g/mol. The SMILES string of the molecule is COc1ccc(C(=O)Nc2cc(F)ccc2C(=O)NCC(O)c2ccc(Cl)cc2)cc1. The Morgan fingerprint density at radius 2 is 1.71 bits per heavy atom. The molecule has 0 aromatic heterocycles. The molecule has 31 heavy (non-hydrogen) atoms. The molecule has 0 saturated heterocycles. The number of ether oxygens (including phenoxy) is 1. The van der Waals surface area contributed by atoms with E-state index in [1.54, 1.807) is 48.5 Å². The normalized spacial score (nSPS) is 11.5. The highest BCUT2D eigenvalue weighted by Crippen LogP contribution is 2.20. The van der Waals surface area contributed by atoms with Gasteiger partial charge in [-0.2, -0.15) is 0 Å². The second-order valence-electron chi connectivity index (χ2n) is 6.65. The first kappa shape index (κ1) is 22.3. The summed E-state index contributed by atoms with van der Waals surface area (Å²) in [6, 6.07) is 16.4. The number of carbonyl (C=O) groups excluding carboxylic acids is 2. The predicted octanol–water partition coefficient (Wildman–Crippen LogP) is 4.20. The Hall–Kier alpha value is -3.42. The van der Waals surface area contributed by atoms with Gasteiger partial charge in [-0.25, -0.2) is 4.39 Å². The number of nitrogens with one attached hydrogen (secondary N) is 2. The van der Waals surface area contributed by atoms with E-state index in [9.17, 15) is 19.1 Å². The number of carbonyl (C=O) groups is 2. The smallest absolute Gasteiger partial charge is 0.255 e. The van der Waals surface area contributed by atoms with Gasteiger partial charge in [0.2, 0.25) is 0 Å². The summed E-state index contributed by atoms with van der Waals surface area (Å²) in [5, 5.41) is 15.9. The molecule has 3 aromatic carbocycles. The Bertz CT molecular complexity index is 1070. The van der Waals surface area contributed by atoms with Crippen molar-refractivity contribution in [1.82, 2.24) is 5.32 Å². The lowest BCUT2D eigenvalue weighted by Crippen LogP contribution is -2.29. The number of halogens is 2. The number of methoxy groups -OCH3 is 1. The lowest BCUT2D eigenvalue weighted by Gasteiger charge is -2.15. The standard InChI is InChI=1S/C23H20ClFN2O4/c1-31-18-9-4-15(5-10-18)22(29)27-20-12-17(25)8-11-19(20)23(30)26-13-21(28)14-2-6-16(24)7-3-14/h2-12,21,28H,13H2,1H3,(H,26,30)(H,27,29). The zero-order valence-electron chi connectivity index (χ0n) is 16.6. The van der Waals surface area contributed by atoms with Gasteiger partial charge < -0.3 is 20.5 Å². The Labute approximate surface area is 183 Å². The molecular formula is C23H20ClFN2O4. The number of amides is 2. The number of aliphatic hydroxyl groups is 1. The average Bonchev–Trinajstić information content (AvgIpc) is 2.78. The third-order valence-electron chi connectivity index (χ3n) is 4.54. The van der Waals surface area contributed by atoms with E-state index in [4.69, 9.17) is 16.3 Å². The topological polar surface area (TPSA) is 87.7 Å². The molecule has 0 spiro atoms. The minimum Gasteiger partial charge on any atom is -0.497 e. The quantitative estimate of drug-likeness (QED) is 0.511. The van der Waals surface area contributed by atoms with Gasteiger partial charge in [0, 0.05) is 17.1 Å². The Morgan fingerprint density at radius 1 is 1.03 bits per heavy atom. The van der Waals surface area contributed by atoms with Crippen molar-refractivity contribution < 1.29 is 23.8 Å². The third-order valence-corrected chi connectivity index (χ3v) is 4.79. The molecule has 3 rings (SSSR count). The van der Waals surface area contributed by atoms with Crippen LogP contribution in [0.5, 0.6) is 5.75 Å². The maximum Gasteiger partial charge on any atom is 0.255 e. The van der Waals surface area contributed by atoms with Crippen LogP contribution in [0.25, 0.3) is 0 Å². The number of rotatable bonds is 7. The van der Waals surface area contributed by atoms with Crippen LogP contribution in [0.1, 0.15) is 32.4 Å². The Kier molecular flexibility index (Phi) is 7.23. The van der Waals surface area contributed by atoms with Crippen molar-refractivity contribution in [3.63, 3.8) is 0 Å². The summed E-state index contributed by atoms with van der Waals surface area (Å²) in [6.07, 6.45) is -0.959. The van der Waals surface area contributed by atoms with Gasteiger partial charge in [-0.05, 0) is 60.2 Å². The molecule has 1 unspecified atom stereocenters. The molecule has 0 aliphatic rings. The fourth-order valence-electron chi connectivity index (χ4n) is 2.84. The molecule has 3 aromatic rings. The zero-order chi connectivity index (χ0) is 22.4. The van der Waals surface area contributed by atoms with Gasteiger partial charge in [0.25, 0.3) is 11.8 Å².